The predicted octanol–water partition coefficient (Wildman–Crippen LogP) is 2.98. The van der Waals surface area contributed by atoms with Gasteiger partial charge in [-0.3, -0.25) is 14.7 Å². The third-order valence-electron chi connectivity index (χ3n) is 7.01. The number of aliphatic hydroxyl groups excluding tert-OH is 1. The number of hydrogen-bond acceptors (Lipinski definition) is 7. The molecule has 0 saturated carbocycles. The van der Waals surface area contributed by atoms with Crippen LogP contribution in [0, 0.1) is 0 Å². The number of benzene rings is 1. The first kappa shape index (κ1) is 24.8. The molecule has 4 heterocycles. The number of piperidine rings is 2. The third-order valence-corrected chi connectivity index (χ3v) is 7.26. The van der Waals surface area contributed by atoms with Gasteiger partial charge in [-0.15, -0.1) is 0 Å². The summed E-state index contributed by atoms with van der Waals surface area (Å²) in [6.07, 6.45) is 4.12. The molecule has 1 aromatic carbocycles. The van der Waals surface area contributed by atoms with Crippen LogP contribution in [0.3, 0.4) is 0 Å². The van der Waals surface area contributed by atoms with E-state index in [1.807, 2.05) is 12.1 Å². The van der Waals surface area contributed by atoms with Crippen molar-refractivity contribution in [2.24, 2.45) is 0 Å². The van der Waals surface area contributed by atoms with E-state index >= 15 is 0 Å². The normalized spacial score (nSPS) is 24.2. The number of aromatic nitrogens is 1. The number of pyridine rings is 1. The number of amides is 2. The van der Waals surface area contributed by atoms with Gasteiger partial charge < -0.3 is 24.8 Å². The number of halogens is 1. The number of likely N-dealkylation sites (tertiary alicyclic amines) is 1. The van der Waals surface area contributed by atoms with Gasteiger partial charge in [-0.05, 0) is 37.1 Å². The van der Waals surface area contributed by atoms with Crippen LogP contribution in [0.1, 0.15) is 47.3 Å². The monoisotopic (exact) mass is 514 g/mol. The summed E-state index contributed by atoms with van der Waals surface area (Å²) in [6.45, 7) is 3.39. The van der Waals surface area contributed by atoms with E-state index in [0.29, 0.717) is 56.4 Å². The molecule has 3 aliphatic heterocycles. The number of ether oxygens (including phenoxy) is 2. The zero-order chi connectivity index (χ0) is 25.1. The van der Waals surface area contributed by atoms with Crippen LogP contribution in [0.5, 0.6) is 5.75 Å². The topological polar surface area (TPSA) is 104 Å². The van der Waals surface area contributed by atoms with Gasteiger partial charge in [0.15, 0.2) is 0 Å². The predicted molar refractivity (Wildman–Crippen MR) is 133 cm³/mol. The molecule has 3 atom stereocenters. The van der Waals surface area contributed by atoms with Gasteiger partial charge >= 0.3 is 6.09 Å². The highest BCUT2D eigenvalue weighted by atomic mass is 35.5. The van der Waals surface area contributed by atoms with Crippen LogP contribution in [0.15, 0.2) is 36.5 Å². The number of rotatable bonds is 7. The molecule has 5 rings (SSSR count). The highest BCUT2D eigenvalue weighted by Gasteiger charge is 2.39. The molecule has 192 valence electrons. The Bertz CT molecular complexity index is 1100. The smallest absolute Gasteiger partial charge is 0.410 e. The molecule has 3 aliphatic rings. The highest BCUT2D eigenvalue weighted by Crippen LogP contribution is 2.30. The van der Waals surface area contributed by atoms with Crippen LogP contribution in [-0.4, -0.2) is 76.4 Å². The van der Waals surface area contributed by atoms with Crippen LogP contribution in [0.2, 0.25) is 5.02 Å². The summed E-state index contributed by atoms with van der Waals surface area (Å²) >= 11 is 5.94. The summed E-state index contributed by atoms with van der Waals surface area (Å²) in [5.41, 5.74) is 2.09. The van der Waals surface area contributed by atoms with Crippen LogP contribution in [0.25, 0.3) is 0 Å². The first-order chi connectivity index (χ1) is 17.4. The minimum atomic E-state index is -0.335. The Labute approximate surface area is 215 Å². The molecular formula is C26H31ClN4O5. The number of nitrogens with one attached hydrogen (secondary N) is 1. The standard InChI is InChI=1S/C26H31ClN4O5/c27-19-5-3-17(4-6-19)12-29-25(33)23-11-24(18(13-28-23)14-30-8-1-2-21(32)15-30)36-22-7-9-31-20(10-22)16-35-26(31)34/h3-6,11,13,20-22,32H,1-2,7-10,12,14-16H2,(H,29,33)/t20-,21?,22-/m0/s1. The minimum absolute atomic E-state index is 0.0147. The van der Waals surface area contributed by atoms with Crippen LogP contribution in [0.4, 0.5) is 4.79 Å². The molecule has 1 aromatic heterocycles. The second-order valence-electron chi connectivity index (χ2n) is 9.71. The summed E-state index contributed by atoms with van der Waals surface area (Å²) < 4.78 is 11.6. The molecule has 9 nitrogen and oxygen atoms in total. The summed E-state index contributed by atoms with van der Waals surface area (Å²) in [4.78, 5) is 33.1. The van der Waals surface area contributed by atoms with Gasteiger partial charge in [0, 0.05) is 61.9 Å². The maximum atomic E-state index is 12.9. The van der Waals surface area contributed by atoms with E-state index in [1.165, 1.54) is 0 Å². The molecule has 1 unspecified atom stereocenters. The van der Waals surface area contributed by atoms with E-state index in [9.17, 15) is 14.7 Å². The average Bonchev–Trinajstić information content (AvgIpc) is 3.24. The van der Waals surface area contributed by atoms with E-state index < -0.39 is 0 Å². The lowest BCUT2D eigenvalue weighted by Gasteiger charge is -2.34. The number of nitrogens with zero attached hydrogens (tertiary/aromatic N) is 3. The number of carbonyl (C=O) groups is 2. The fraction of sp³-hybridized carbons (Fsp3) is 0.500. The van der Waals surface area contributed by atoms with Gasteiger partial charge in [0.2, 0.25) is 0 Å². The maximum absolute atomic E-state index is 12.9. The van der Waals surface area contributed by atoms with Gasteiger partial charge in [-0.2, -0.15) is 0 Å². The summed E-state index contributed by atoms with van der Waals surface area (Å²) in [5.74, 6) is 0.324. The van der Waals surface area contributed by atoms with Crippen molar-refractivity contribution in [1.29, 1.82) is 0 Å². The molecule has 36 heavy (non-hydrogen) atoms. The van der Waals surface area contributed by atoms with Gasteiger partial charge in [0.05, 0.1) is 12.1 Å². The zero-order valence-electron chi connectivity index (χ0n) is 20.1. The molecule has 2 N–H and O–H groups in total. The van der Waals surface area contributed by atoms with Crippen molar-refractivity contribution >= 4 is 23.6 Å². The number of hydrogen-bond donors (Lipinski definition) is 2. The molecule has 0 spiro atoms. The molecule has 2 aromatic rings. The number of cyclic esters (lactones) is 1. The van der Waals surface area contributed by atoms with Crippen molar-refractivity contribution in [1.82, 2.24) is 20.1 Å². The SMILES string of the molecule is O=C(NCc1ccc(Cl)cc1)c1cc(O[C@H]2CCN3C(=O)OC[C@@H]3C2)c(CN2CCCC(O)C2)cn1. The fourth-order valence-corrected chi connectivity index (χ4v) is 5.18. The molecule has 0 bridgehead atoms. The van der Waals surface area contributed by atoms with E-state index in [1.54, 1.807) is 29.3 Å². The first-order valence-corrected chi connectivity index (χ1v) is 12.8. The van der Waals surface area contributed by atoms with Gasteiger partial charge in [-0.1, -0.05) is 23.7 Å². The van der Waals surface area contributed by atoms with Gasteiger partial charge in [0.25, 0.3) is 5.91 Å². The summed E-state index contributed by atoms with van der Waals surface area (Å²) in [6, 6.07) is 9.02. The van der Waals surface area contributed by atoms with Crippen molar-refractivity contribution in [2.75, 3.05) is 26.2 Å². The fourth-order valence-electron chi connectivity index (χ4n) is 5.06. The lowest BCUT2D eigenvalue weighted by Crippen LogP contribution is -2.44. The second kappa shape index (κ2) is 11.0. The van der Waals surface area contributed by atoms with Crippen LogP contribution < -0.4 is 10.1 Å². The molecule has 3 saturated heterocycles. The number of β-amino-alcohol motifs (C(OH)–C–C–N with tert-alkyl or cyclic N) is 1. The summed E-state index contributed by atoms with van der Waals surface area (Å²) in [7, 11) is 0. The van der Waals surface area contributed by atoms with Crippen molar-refractivity contribution in [3.63, 3.8) is 0 Å². The Balaban J connectivity index is 1.30. The molecule has 10 heteroatoms. The number of aliphatic hydroxyl groups is 1. The van der Waals surface area contributed by atoms with Gasteiger partial charge in [-0.25, -0.2) is 4.79 Å². The van der Waals surface area contributed by atoms with Gasteiger partial charge in [0.1, 0.15) is 24.2 Å². The van der Waals surface area contributed by atoms with E-state index in [4.69, 9.17) is 21.1 Å². The van der Waals surface area contributed by atoms with E-state index in [-0.39, 0.29) is 35.9 Å². The second-order valence-corrected chi connectivity index (χ2v) is 10.1. The highest BCUT2D eigenvalue weighted by molar-refractivity contribution is 6.30. The van der Waals surface area contributed by atoms with Crippen molar-refractivity contribution in [3.8, 4) is 5.75 Å². The Kier molecular flexibility index (Phi) is 7.59. The molecule has 2 amide bonds. The van der Waals surface area contributed by atoms with Crippen molar-refractivity contribution in [2.45, 2.75) is 57.0 Å². The van der Waals surface area contributed by atoms with Crippen molar-refractivity contribution in [3.05, 3.63) is 58.4 Å². The third kappa shape index (κ3) is 5.91. The first-order valence-electron chi connectivity index (χ1n) is 12.5. The molecule has 0 radical (unpaired) electrons. The van der Waals surface area contributed by atoms with E-state index in [2.05, 4.69) is 15.2 Å². The van der Waals surface area contributed by atoms with Crippen LogP contribution >= 0.6 is 11.6 Å². The van der Waals surface area contributed by atoms with E-state index in [0.717, 1.165) is 30.5 Å². The number of carbonyl (C=O) groups excluding carboxylic acids is 2. The number of fused-ring (bicyclic) bond motifs is 1. The Hall–Kier alpha value is -2.88. The van der Waals surface area contributed by atoms with Crippen molar-refractivity contribution < 1.29 is 24.2 Å². The minimum Gasteiger partial charge on any atom is -0.490 e. The lowest BCUT2D eigenvalue weighted by molar-refractivity contribution is 0.0641. The zero-order valence-corrected chi connectivity index (χ0v) is 20.8. The lowest BCUT2D eigenvalue weighted by atomic mass is 10.0. The Morgan fingerprint density at radius 2 is 2.08 bits per heavy atom. The average molecular weight is 515 g/mol. The Morgan fingerprint density at radius 1 is 1.25 bits per heavy atom. The quantitative estimate of drug-likeness (QED) is 0.585. The molecule has 0 aliphatic carbocycles. The molecule has 3 fully saturated rings. The maximum Gasteiger partial charge on any atom is 0.410 e. The molecular weight excluding hydrogens is 484 g/mol. The Morgan fingerprint density at radius 3 is 2.89 bits per heavy atom. The summed E-state index contributed by atoms with van der Waals surface area (Å²) in [5, 5.41) is 13.6. The largest absolute Gasteiger partial charge is 0.490 e. The van der Waals surface area contributed by atoms with Crippen LogP contribution in [-0.2, 0) is 17.8 Å².